The second-order valence-electron chi connectivity index (χ2n) is 4.46. The summed E-state index contributed by atoms with van der Waals surface area (Å²) in [5.74, 6) is -2.10. The van der Waals surface area contributed by atoms with E-state index in [1.165, 1.54) is 0 Å². The molecule has 0 aliphatic heterocycles. The zero-order valence-corrected chi connectivity index (χ0v) is 11.5. The second kappa shape index (κ2) is 6.54. The van der Waals surface area contributed by atoms with Crippen LogP contribution in [0.3, 0.4) is 0 Å². The van der Waals surface area contributed by atoms with E-state index in [1.807, 2.05) is 6.07 Å². The first kappa shape index (κ1) is 15.3. The molecule has 0 unspecified atom stereocenters. The largest absolute Gasteiger partial charge is 0.477 e. The first-order chi connectivity index (χ1) is 10.5. The number of nitrogens with zero attached hydrogens (tertiary/aromatic N) is 1. The van der Waals surface area contributed by atoms with E-state index < -0.39 is 23.1 Å². The van der Waals surface area contributed by atoms with Crippen LogP contribution in [-0.4, -0.2) is 28.6 Å². The van der Waals surface area contributed by atoms with Gasteiger partial charge in [-0.1, -0.05) is 18.2 Å². The number of aromatic nitrogens is 1. The normalized spacial score (nSPS) is 10.1. The molecular weight excluding hydrogens is 288 g/mol. The summed E-state index contributed by atoms with van der Waals surface area (Å²) in [4.78, 5) is 37.5. The Balaban J connectivity index is 2.48. The fourth-order valence-electron chi connectivity index (χ4n) is 2.13. The number of pyridine rings is 1. The Hall–Kier alpha value is -3.14. The number of fused-ring (bicyclic) bond motifs is 1. The maximum Gasteiger partial charge on any atom is 0.341 e. The quantitative estimate of drug-likeness (QED) is 0.632. The van der Waals surface area contributed by atoms with Gasteiger partial charge in [-0.15, -0.1) is 0 Å². The minimum absolute atomic E-state index is 0.0493. The van der Waals surface area contributed by atoms with E-state index in [-0.39, 0.29) is 25.0 Å². The Kier molecular flexibility index (Phi) is 4.53. The van der Waals surface area contributed by atoms with Crippen LogP contribution in [0.2, 0.25) is 0 Å². The third-order valence-corrected chi connectivity index (χ3v) is 3.04. The van der Waals surface area contributed by atoms with Gasteiger partial charge in [-0.25, -0.2) is 4.79 Å². The van der Waals surface area contributed by atoms with E-state index in [0.29, 0.717) is 10.9 Å². The number of esters is 1. The molecule has 0 atom stereocenters. The van der Waals surface area contributed by atoms with Crippen molar-refractivity contribution in [2.75, 3.05) is 6.61 Å². The number of aromatic amines is 1. The number of carbonyl (C=O) groups excluding carboxylic acids is 1. The highest BCUT2D eigenvalue weighted by molar-refractivity contribution is 5.98. The summed E-state index contributed by atoms with van der Waals surface area (Å²) in [6, 6.07) is 8.43. The van der Waals surface area contributed by atoms with E-state index >= 15 is 0 Å². The third kappa shape index (κ3) is 3.12. The lowest BCUT2D eigenvalue weighted by Gasteiger charge is -2.09. The number of ether oxygens (including phenoxy) is 1. The Bertz CT molecular complexity index is 832. The Morgan fingerprint density at radius 2 is 2.05 bits per heavy atom. The number of nitriles is 1. The number of benzene rings is 1. The molecule has 2 rings (SSSR count). The lowest BCUT2D eigenvalue weighted by molar-refractivity contribution is -0.142. The summed E-state index contributed by atoms with van der Waals surface area (Å²) in [6.45, 7) is -0.0706. The number of para-hydroxylation sites is 1. The lowest BCUT2D eigenvalue weighted by Crippen LogP contribution is -2.23. The summed E-state index contributed by atoms with van der Waals surface area (Å²) < 4.78 is 4.84. The number of H-pyrrole nitrogens is 1. The highest BCUT2D eigenvalue weighted by Gasteiger charge is 2.21. The molecular formula is C15H12N2O5. The van der Waals surface area contributed by atoms with Gasteiger partial charge in [0.15, 0.2) is 0 Å². The fraction of sp³-hybridized carbons (Fsp3) is 0.200. The van der Waals surface area contributed by atoms with Crippen molar-refractivity contribution >= 4 is 22.8 Å². The molecule has 2 N–H and O–H groups in total. The van der Waals surface area contributed by atoms with Crippen LogP contribution >= 0.6 is 0 Å². The number of hydrogen-bond donors (Lipinski definition) is 2. The van der Waals surface area contributed by atoms with Gasteiger partial charge >= 0.3 is 11.9 Å². The standard InChI is InChI=1S/C15H12N2O5/c16-6-3-7-22-12(18)8-10-9-4-1-2-5-11(9)17-14(19)13(10)15(20)21/h1-2,4-5H,3,7-8H2,(H,17,19)(H,20,21). The molecule has 7 nitrogen and oxygen atoms in total. The molecule has 22 heavy (non-hydrogen) atoms. The maximum atomic E-state index is 11.9. The second-order valence-corrected chi connectivity index (χ2v) is 4.46. The first-order valence-electron chi connectivity index (χ1n) is 6.44. The van der Waals surface area contributed by atoms with E-state index in [9.17, 15) is 19.5 Å². The van der Waals surface area contributed by atoms with Gasteiger partial charge in [0.05, 0.1) is 18.9 Å². The molecule has 0 amide bonds. The minimum atomic E-state index is -1.41. The molecule has 2 aromatic rings. The van der Waals surface area contributed by atoms with Crippen LogP contribution in [0.4, 0.5) is 0 Å². The predicted molar refractivity (Wildman–Crippen MR) is 76.4 cm³/mol. The summed E-state index contributed by atoms with van der Waals surface area (Å²) in [6.07, 6.45) is -0.300. The number of nitrogens with one attached hydrogen (secondary N) is 1. The van der Waals surface area contributed by atoms with Crippen LogP contribution < -0.4 is 5.56 Å². The van der Waals surface area contributed by atoms with Crippen molar-refractivity contribution in [1.82, 2.24) is 4.98 Å². The highest BCUT2D eigenvalue weighted by atomic mass is 16.5. The zero-order chi connectivity index (χ0) is 16.1. The average Bonchev–Trinajstić information content (AvgIpc) is 2.47. The van der Waals surface area contributed by atoms with Gasteiger partial charge in [0.25, 0.3) is 5.56 Å². The fourth-order valence-corrected chi connectivity index (χ4v) is 2.13. The SMILES string of the molecule is N#CCCOC(=O)Cc1c(C(=O)O)c(=O)[nH]c2ccccc12. The van der Waals surface area contributed by atoms with Crippen LogP contribution in [0, 0.1) is 11.3 Å². The van der Waals surface area contributed by atoms with Crippen molar-refractivity contribution in [1.29, 1.82) is 5.26 Å². The van der Waals surface area contributed by atoms with Gasteiger partial charge in [0.1, 0.15) is 12.2 Å². The van der Waals surface area contributed by atoms with Crippen LogP contribution in [-0.2, 0) is 16.0 Å². The van der Waals surface area contributed by atoms with Crippen LogP contribution in [0.5, 0.6) is 0 Å². The lowest BCUT2D eigenvalue weighted by atomic mass is 10.0. The van der Waals surface area contributed by atoms with E-state index in [2.05, 4.69) is 4.98 Å². The van der Waals surface area contributed by atoms with E-state index in [4.69, 9.17) is 10.00 Å². The van der Waals surface area contributed by atoms with Crippen molar-refractivity contribution in [3.8, 4) is 6.07 Å². The highest BCUT2D eigenvalue weighted by Crippen LogP contribution is 2.19. The van der Waals surface area contributed by atoms with Gasteiger partial charge in [0, 0.05) is 10.9 Å². The molecule has 0 saturated carbocycles. The van der Waals surface area contributed by atoms with Crippen LogP contribution in [0.25, 0.3) is 10.9 Å². The van der Waals surface area contributed by atoms with Gasteiger partial charge in [-0.05, 0) is 11.6 Å². The summed E-state index contributed by atoms with van der Waals surface area (Å²) in [5.41, 5.74) is -0.701. The van der Waals surface area contributed by atoms with Crippen molar-refractivity contribution in [2.45, 2.75) is 12.8 Å². The average molecular weight is 300 g/mol. The van der Waals surface area contributed by atoms with E-state index in [0.717, 1.165) is 0 Å². The third-order valence-electron chi connectivity index (χ3n) is 3.04. The van der Waals surface area contributed by atoms with Crippen molar-refractivity contribution < 1.29 is 19.4 Å². The Morgan fingerprint density at radius 3 is 2.73 bits per heavy atom. The number of rotatable bonds is 5. The van der Waals surface area contributed by atoms with Gasteiger partial charge in [-0.3, -0.25) is 9.59 Å². The summed E-state index contributed by atoms with van der Waals surface area (Å²) in [7, 11) is 0. The molecule has 0 saturated heterocycles. The van der Waals surface area contributed by atoms with Gasteiger partial charge in [-0.2, -0.15) is 5.26 Å². The van der Waals surface area contributed by atoms with Crippen molar-refractivity contribution in [3.05, 3.63) is 45.7 Å². The molecule has 0 aliphatic carbocycles. The molecule has 1 aromatic carbocycles. The molecule has 0 fully saturated rings. The molecule has 0 bridgehead atoms. The molecule has 0 radical (unpaired) electrons. The maximum absolute atomic E-state index is 11.9. The molecule has 0 spiro atoms. The molecule has 7 heteroatoms. The molecule has 0 aliphatic rings. The number of hydrogen-bond acceptors (Lipinski definition) is 5. The number of carbonyl (C=O) groups is 2. The van der Waals surface area contributed by atoms with E-state index in [1.54, 1.807) is 24.3 Å². The minimum Gasteiger partial charge on any atom is -0.477 e. The summed E-state index contributed by atoms with van der Waals surface area (Å²) >= 11 is 0. The first-order valence-corrected chi connectivity index (χ1v) is 6.44. The molecule has 1 aromatic heterocycles. The summed E-state index contributed by atoms with van der Waals surface area (Å²) in [5, 5.41) is 18.1. The Labute approximate surface area is 124 Å². The number of carboxylic acids is 1. The number of carboxylic acid groups (broad SMARTS) is 1. The van der Waals surface area contributed by atoms with Crippen molar-refractivity contribution in [3.63, 3.8) is 0 Å². The topological polar surface area (TPSA) is 120 Å². The van der Waals surface area contributed by atoms with Crippen LogP contribution in [0.15, 0.2) is 29.1 Å². The molecule has 112 valence electrons. The van der Waals surface area contributed by atoms with Crippen molar-refractivity contribution in [2.24, 2.45) is 0 Å². The smallest absolute Gasteiger partial charge is 0.341 e. The monoisotopic (exact) mass is 300 g/mol. The number of aromatic carboxylic acids is 1. The van der Waals surface area contributed by atoms with Gasteiger partial charge in [0.2, 0.25) is 0 Å². The van der Waals surface area contributed by atoms with Crippen LogP contribution in [0.1, 0.15) is 22.3 Å². The van der Waals surface area contributed by atoms with Gasteiger partial charge < -0.3 is 14.8 Å². The Morgan fingerprint density at radius 1 is 1.32 bits per heavy atom. The predicted octanol–water partition coefficient (Wildman–Crippen LogP) is 1.23. The molecule has 1 heterocycles. The zero-order valence-electron chi connectivity index (χ0n) is 11.5.